The van der Waals surface area contributed by atoms with E-state index in [4.69, 9.17) is 0 Å². The highest BCUT2D eigenvalue weighted by atomic mass is 32.1. The molecule has 1 unspecified atom stereocenters. The first-order valence-corrected chi connectivity index (χ1v) is 5.54. The SMILES string of the molecule is O=CC(O)(c1cccs1)c1ccccc1F. The summed E-state index contributed by atoms with van der Waals surface area (Å²) in [5, 5.41) is 12.0. The summed E-state index contributed by atoms with van der Waals surface area (Å²) < 4.78 is 13.5. The highest BCUT2D eigenvalue weighted by Crippen LogP contribution is 2.32. The first kappa shape index (κ1) is 11.0. The zero-order chi connectivity index (χ0) is 11.6. The molecule has 0 bridgehead atoms. The molecule has 0 aliphatic carbocycles. The molecule has 0 aliphatic rings. The molecule has 2 aromatic rings. The number of halogens is 1. The van der Waals surface area contributed by atoms with E-state index < -0.39 is 11.4 Å². The number of benzene rings is 1. The van der Waals surface area contributed by atoms with E-state index in [2.05, 4.69) is 0 Å². The lowest BCUT2D eigenvalue weighted by molar-refractivity contribution is -0.121. The average Bonchev–Trinajstić information content (AvgIpc) is 2.82. The van der Waals surface area contributed by atoms with Crippen LogP contribution in [0.1, 0.15) is 10.4 Å². The van der Waals surface area contributed by atoms with Crippen LogP contribution in [0, 0.1) is 5.82 Å². The van der Waals surface area contributed by atoms with Crippen molar-refractivity contribution in [3.63, 3.8) is 0 Å². The molecule has 1 aromatic heterocycles. The van der Waals surface area contributed by atoms with Crippen molar-refractivity contribution in [2.45, 2.75) is 5.60 Å². The van der Waals surface area contributed by atoms with Gasteiger partial charge >= 0.3 is 0 Å². The second kappa shape index (κ2) is 4.15. The summed E-state index contributed by atoms with van der Waals surface area (Å²) in [5.74, 6) is -0.592. The van der Waals surface area contributed by atoms with Crippen LogP contribution < -0.4 is 0 Å². The predicted molar refractivity (Wildman–Crippen MR) is 59.8 cm³/mol. The van der Waals surface area contributed by atoms with Crippen molar-refractivity contribution >= 4 is 17.6 Å². The Kier molecular flexibility index (Phi) is 2.85. The standard InChI is InChI=1S/C12H9FO2S/c13-10-5-2-1-4-9(10)12(15,8-14)11-6-3-7-16-11/h1-8,15H. The molecule has 0 fully saturated rings. The summed E-state index contributed by atoms with van der Waals surface area (Å²) in [6.45, 7) is 0. The normalized spacial score (nSPS) is 14.4. The first-order chi connectivity index (χ1) is 7.68. The van der Waals surface area contributed by atoms with Crippen molar-refractivity contribution in [3.8, 4) is 0 Å². The second-order valence-electron chi connectivity index (χ2n) is 3.34. The maximum atomic E-state index is 13.5. The highest BCUT2D eigenvalue weighted by Gasteiger charge is 2.34. The van der Waals surface area contributed by atoms with Crippen LogP contribution in [0.15, 0.2) is 41.8 Å². The minimum absolute atomic E-state index is 0.0209. The van der Waals surface area contributed by atoms with E-state index in [1.54, 1.807) is 23.6 Å². The monoisotopic (exact) mass is 236 g/mol. The molecule has 0 radical (unpaired) electrons. The number of rotatable bonds is 3. The Hall–Kier alpha value is -1.52. The van der Waals surface area contributed by atoms with E-state index in [9.17, 15) is 14.3 Å². The van der Waals surface area contributed by atoms with E-state index in [1.807, 2.05) is 0 Å². The van der Waals surface area contributed by atoms with Crippen LogP contribution in [-0.4, -0.2) is 11.4 Å². The molecule has 4 heteroatoms. The molecule has 2 nitrogen and oxygen atoms in total. The zero-order valence-corrected chi connectivity index (χ0v) is 9.08. The zero-order valence-electron chi connectivity index (χ0n) is 8.26. The van der Waals surface area contributed by atoms with Crippen molar-refractivity contribution in [1.29, 1.82) is 0 Å². The Morgan fingerprint density at radius 1 is 1.25 bits per heavy atom. The third-order valence-electron chi connectivity index (χ3n) is 2.35. The molecule has 82 valence electrons. The predicted octanol–water partition coefficient (Wildman–Crippen LogP) is 2.32. The van der Waals surface area contributed by atoms with Crippen molar-refractivity contribution in [2.75, 3.05) is 0 Å². The van der Waals surface area contributed by atoms with Gasteiger partial charge in [0.05, 0.1) is 0 Å². The van der Waals surface area contributed by atoms with Crippen molar-refractivity contribution in [1.82, 2.24) is 0 Å². The van der Waals surface area contributed by atoms with Crippen molar-refractivity contribution in [3.05, 3.63) is 58.0 Å². The molecule has 16 heavy (non-hydrogen) atoms. The summed E-state index contributed by atoms with van der Waals surface area (Å²) in [6.07, 6.45) is 0.358. The van der Waals surface area contributed by atoms with Gasteiger partial charge in [-0.15, -0.1) is 11.3 Å². The first-order valence-electron chi connectivity index (χ1n) is 4.66. The summed E-state index contributed by atoms with van der Waals surface area (Å²) in [7, 11) is 0. The lowest BCUT2D eigenvalue weighted by Crippen LogP contribution is -2.29. The van der Waals surface area contributed by atoms with Gasteiger partial charge in [-0.3, -0.25) is 4.79 Å². The summed E-state index contributed by atoms with van der Waals surface area (Å²) in [5.41, 5.74) is -1.91. The van der Waals surface area contributed by atoms with E-state index in [0.29, 0.717) is 11.2 Å². The largest absolute Gasteiger partial charge is 0.373 e. The summed E-state index contributed by atoms with van der Waals surface area (Å²) in [6, 6.07) is 9.03. The maximum absolute atomic E-state index is 13.5. The number of carbonyl (C=O) groups is 1. The van der Waals surface area contributed by atoms with Gasteiger partial charge in [0, 0.05) is 10.4 Å². The Bertz CT molecular complexity index is 495. The molecule has 0 amide bonds. The van der Waals surface area contributed by atoms with Crippen LogP contribution in [0.2, 0.25) is 0 Å². The van der Waals surface area contributed by atoms with Gasteiger partial charge in [0.1, 0.15) is 5.82 Å². The average molecular weight is 236 g/mol. The van der Waals surface area contributed by atoms with Gasteiger partial charge in [-0.1, -0.05) is 24.3 Å². The molecule has 1 aromatic carbocycles. The minimum Gasteiger partial charge on any atom is -0.373 e. The van der Waals surface area contributed by atoms with Crippen molar-refractivity contribution in [2.24, 2.45) is 0 Å². The van der Waals surface area contributed by atoms with Crippen LogP contribution in [-0.2, 0) is 10.4 Å². The molecule has 0 aliphatic heterocycles. The highest BCUT2D eigenvalue weighted by molar-refractivity contribution is 7.10. The Labute approximate surface area is 96.0 Å². The molecule has 1 atom stereocenters. The quantitative estimate of drug-likeness (QED) is 0.830. The molecule has 0 saturated carbocycles. The molecular weight excluding hydrogens is 227 g/mol. The van der Waals surface area contributed by atoms with Crippen molar-refractivity contribution < 1.29 is 14.3 Å². The fourth-order valence-corrected chi connectivity index (χ4v) is 2.32. The third-order valence-corrected chi connectivity index (χ3v) is 3.35. The van der Waals surface area contributed by atoms with Crippen LogP contribution in [0.25, 0.3) is 0 Å². The lowest BCUT2D eigenvalue weighted by Gasteiger charge is -2.21. The second-order valence-corrected chi connectivity index (χ2v) is 4.29. The summed E-state index contributed by atoms with van der Waals surface area (Å²) in [4.78, 5) is 11.5. The van der Waals surface area contributed by atoms with Crippen LogP contribution in [0.5, 0.6) is 0 Å². The molecule has 0 saturated heterocycles. The van der Waals surface area contributed by atoms with Gasteiger partial charge in [-0.25, -0.2) is 4.39 Å². The summed E-state index contributed by atoms with van der Waals surface area (Å²) >= 11 is 1.21. The van der Waals surface area contributed by atoms with E-state index in [1.165, 1.54) is 29.5 Å². The molecule has 2 rings (SSSR count). The number of hydrogen-bond acceptors (Lipinski definition) is 3. The minimum atomic E-state index is -1.89. The maximum Gasteiger partial charge on any atom is 0.182 e. The van der Waals surface area contributed by atoms with Gasteiger partial charge in [-0.05, 0) is 17.5 Å². The van der Waals surface area contributed by atoms with Gasteiger partial charge in [-0.2, -0.15) is 0 Å². The molecule has 1 heterocycles. The number of carbonyl (C=O) groups excluding carboxylic acids is 1. The Balaban J connectivity index is 2.59. The number of aliphatic hydroxyl groups is 1. The Morgan fingerprint density at radius 3 is 2.56 bits per heavy atom. The lowest BCUT2D eigenvalue weighted by atomic mass is 9.93. The Morgan fingerprint density at radius 2 is 2.00 bits per heavy atom. The third kappa shape index (κ3) is 1.66. The molecular formula is C12H9FO2S. The molecule has 1 N–H and O–H groups in total. The number of aldehydes is 1. The smallest absolute Gasteiger partial charge is 0.182 e. The van der Waals surface area contributed by atoms with Gasteiger partial charge in [0.15, 0.2) is 11.9 Å². The van der Waals surface area contributed by atoms with Gasteiger partial charge in [0.25, 0.3) is 0 Å². The van der Waals surface area contributed by atoms with E-state index >= 15 is 0 Å². The topological polar surface area (TPSA) is 37.3 Å². The number of hydrogen-bond donors (Lipinski definition) is 1. The fraction of sp³-hybridized carbons (Fsp3) is 0.0833. The fourth-order valence-electron chi connectivity index (χ4n) is 1.52. The van der Waals surface area contributed by atoms with Gasteiger partial charge < -0.3 is 5.11 Å². The van der Waals surface area contributed by atoms with Crippen LogP contribution in [0.4, 0.5) is 4.39 Å². The van der Waals surface area contributed by atoms with Gasteiger partial charge in [0.2, 0.25) is 0 Å². The number of thiophene rings is 1. The van der Waals surface area contributed by atoms with Crippen LogP contribution in [0.3, 0.4) is 0 Å². The van der Waals surface area contributed by atoms with Crippen LogP contribution >= 0.6 is 11.3 Å². The van der Waals surface area contributed by atoms with E-state index in [0.717, 1.165) is 0 Å². The van der Waals surface area contributed by atoms with E-state index in [-0.39, 0.29) is 5.56 Å². The molecule has 0 spiro atoms.